The number of carbonyl (C=O) groups excluding carboxylic acids is 1. The highest BCUT2D eigenvalue weighted by Gasteiger charge is 2.06. The van der Waals surface area contributed by atoms with Gasteiger partial charge in [-0.3, -0.25) is 4.79 Å². The summed E-state index contributed by atoms with van der Waals surface area (Å²) in [5, 5.41) is 3.85. The van der Waals surface area contributed by atoms with Gasteiger partial charge in [0.2, 0.25) is 0 Å². The quantitative estimate of drug-likeness (QED) is 0.669. The molecule has 0 atom stereocenters. The predicted molar refractivity (Wildman–Crippen MR) is 73.3 cm³/mol. The second-order valence-corrected chi connectivity index (χ2v) is 3.79. The van der Waals surface area contributed by atoms with Gasteiger partial charge >= 0.3 is 5.91 Å². The molecule has 6 nitrogen and oxygen atoms in total. The van der Waals surface area contributed by atoms with Crippen LogP contribution in [0.2, 0.25) is 0 Å². The second-order valence-electron chi connectivity index (χ2n) is 3.79. The molecule has 6 heteroatoms. The maximum atomic E-state index is 11.6. The number of rotatable bonds is 5. The number of benzene rings is 1. The first-order valence-electron chi connectivity index (χ1n) is 5.83. The number of furan rings is 1. The van der Waals surface area contributed by atoms with Crippen LogP contribution in [0.25, 0.3) is 0 Å². The van der Waals surface area contributed by atoms with Crippen LogP contribution in [-0.4, -0.2) is 26.3 Å². The van der Waals surface area contributed by atoms with Crippen molar-refractivity contribution in [2.45, 2.75) is 0 Å². The van der Waals surface area contributed by atoms with Crippen LogP contribution in [0.1, 0.15) is 16.1 Å². The third kappa shape index (κ3) is 3.17. The van der Waals surface area contributed by atoms with Gasteiger partial charge in [-0.25, -0.2) is 5.43 Å². The van der Waals surface area contributed by atoms with E-state index in [0.29, 0.717) is 11.5 Å². The van der Waals surface area contributed by atoms with Crippen molar-refractivity contribution in [1.82, 2.24) is 5.43 Å². The van der Waals surface area contributed by atoms with E-state index in [4.69, 9.17) is 13.9 Å². The normalized spacial score (nSPS) is 10.5. The van der Waals surface area contributed by atoms with E-state index in [0.717, 1.165) is 5.56 Å². The minimum Gasteiger partial charge on any atom is -0.493 e. The van der Waals surface area contributed by atoms with Crippen molar-refractivity contribution in [3.8, 4) is 11.5 Å². The fourth-order valence-electron chi connectivity index (χ4n) is 1.56. The van der Waals surface area contributed by atoms with Crippen LogP contribution < -0.4 is 14.9 Å². The largest absolute Gasteiger partial charge is 0.493 e. The number of methoxy groups -OCH3 is 2. The maximum absolute atomic E-state index is 11.6. The van der Waals surface area contributed by atoms with Crippen molar-refractivity contribution in [3.63, 3.8) is 0 Å². The van der Waals surface area contributed by atoms with Gasteiger partial charge in [0.25, 0.3) is 0 Å². The summed E-state index contributed by atoms with van der Waals surface area (Å²) in [6, 6.07) is 8.49. The Hall–Kier alpha value is -2.76. The van der Waals surface area contributed by atoms with Crippen LogP contribution >= 0.6 is 0 Å². The predicted octanol–water partition coefficient (Wildman–Crippen LogP) is 2.06. The van der Waals surface area contributed by atoms with Crippen molar-refractivity contribution < 1.29 is 18.7 Å². The van der Waals surface area contributed by atoms with Crippen LogP contribution in [-0.2, 0) is 0 Å². The van der Waals surface area contributed by atoms with Gasteiger partial charge in [-0.05, 0) is 35.9 Å². The van der Waals surface area contributed by atoms with Crippen LogP contribution in [0, 0.1) is 0 Å². The van der Waals surface area contributed by atoms with E-state index in [2.05, 4.69) is 10.5 Å². The lowest BCUT2D eigenvalue weighted by Crippen LogP contribution is -2.16. The molecule has 1 heterocycles. The van der Waals surface area contributed by atoms with E-state index in [1.165, 1.54) is 12.5 Å². The third-order valence-corrected chi connectivity index (χ3v) is 2.53. The molecule has 0 unspecified atom stereocenters. The molecule has 1 N–H and O–H groups in total. The van der Waals surface area contributed by atoms with E-state index in [9.17, 15) is 4.79 Å². The number of hydrazone groups is 1. The Bertz CT molecular complexity index is 606. The second kappa shape index (κ2) is 6.42. The molecule has 0 aliphatic rings. The van der Waals surface area contributed by atoms with Gasteiger partial charge in [-0.15, -0.1) is 0 Å². The Morgan fingerprint density at radius 2 is 2.05 bits per heavy atom. The van der Waals surface area contributed by atoms with Gasteiger partial charge < -0.3 is 13.9 Å². The molecule has 0 fully saturated rings. The zero-order valence-electron chi connectivity index (χ0n) is 11.1. The summed E-state index contributed by atoms with van der Waals surface area (Å²) in [6.45, 7) is 0. The smallest absolute Gasteiger partial charge is 0.307 e. The van der Waals surface area contributed by atoms with Crippen LogP contribution in [0.3, 0.4) is 0 Å². The Kier molecular flexibility index (Phi) is 4.39. The van der Waals surface area contributed by atoms with Gasteiger partial charge in [0, 0.05) is 0 Å². The summed E-state index contributed by atoms with van der Waals surface area (Å²) in [7, 11) is 3.12. The molecule has 0 saturated heterocycles. The van der Waals surface area contributed by atoms with E-state index < -0.39 is 5.91 Å². The Balaban J connectivity index is 2.03. The van der Waals surface area contributed by atoms with Gasteiger partial charge in [-0.1, -0.05) is 0 Å². The minimum atomic E-state index is -0.410. The molecule has 0 spiro atoms. The Morgan fingerprint density at radius 3 is 2.70 bits per heavy atom. The number of amides is 1. The highest BCUT2D eigenvalue weighted by Crippen LogP contribution is 2.26. The fourth-order valence-corrected chi connectivity index (χ4v) is 1.56. The lowest BCUT2D eigenvalue weighted by molar-refractivity contribution is 0.0927. The lowest BCUT2D eigenvalue weighted by Gasteiger charge is -2.07. The van der Waals surface area contributed by atoms with Gasteiger partial charge in [-0.2, -0.15) is 5.10 Å². The molecular weight excluding hydrogens is 260 g/mol. The summed E-state index contributed by atoms with van der Waals surface area (Å²) in [5.41, 5.74) is 3.13. The van der Waals surface area contributed by atoms with Crippen LogP contribution in [0.5, 0.6) is 11.5 Å². The van der Waals surface area contributed by atoms with E-state index in [1.54, 1.807) is 44.6 Å². The summed E-state index contributed by atoms with van der Waals surface area (Å²) in [6.07, 6.45) is 2.93. The topological polar surface area (TPSA) is 73.1 Å². The first-order valence-corrected chi connectivity index (χ1v) is 5.83. The lowest BCUT2D eigenvalue weighted by atomic mass is 10.2. The summed E-state index contributed by atoms with van der Waals surface area (Å²) in [4.78, 5) is 11.6. The molecule has 0 aliphatic heterocycles. The van der Waals surface area contributed by atoms with Crippen LogP contribution in [0.4, 0.5) is 0 Å². The van der Waals surface area contributed by atoms with Gasteiger partial charge in [0.05, 0.1) is 26.7 Å². The standard InChI is InChI=1S/C14H14N2O4/c1-18-11-6-5-10(8-13(11)19-2)9-15-16-14(17)12-4-3-7-20-12/h3-9H,1-2H3,(H,16,17). The number of carbonyl (C=O) groups is 1. The van der Waals surface area contributed by atoms with E-state index in [1.807, 2.05) is 0 Å². The molecule has 0 saturated carbocycles. The van der Waals surface area contributed by atoms with Crippen molar-refractivity contribution in [2.75, 3.05) is 14.2 Å². The Morgan fingerprint density at radius 1 is 1.25 bits per heavy atom. The number of hydrogen-bond acceptors (Lipinski definition) is 5. The maximum Gasteiger partial charge on any atom is 0.307 e. The number of nitrogens with one attached hydrogen (secondary N) is 1. The molecule has 0 radical (unpaired) electrons. The molecule has 1 aromatic heterocycles. The SMILES string of the molecule is COc1ccc(C=NNC(=O)c2ccco2)cc1OC. The van der Waals surface area contributed by atoms with Crippen molar-refractivity contribution in [2.24, 2.45) is 5.10 Å². The fraction of sp³-hybridized carbons (Fsp3) is 0.143. The zero-order valence-corrected chi connectivity index (χ0v) is 11.1. The molecule has 20 heavy (non-hydrogen) atoms. The summed E-state index contributed by atoms with van der Waals surface area (Å²) < 4.78 is 15.2. The average Bonchev–Trinajstić information content (AvgIpc) is 3.01. The molecule has 2 rings (SSSR count). The number of hydrogen-bond donors (Lipinski definition) is 1. The Labute approximate surface area is 116 Å². The van der Waals surface area contributed by atoms with E-state index >= 15 is 0 Å². The zero-order chi connectivity index (χ0) is 14.4. The van der Waals surface area contributed by atoms with Crippen LogP contribution in [0.15, 0.2) is 46.1 Å². The monoisotopic (exact) mass is 274 g/mol. The first kappa shape index (κ1) is 13.7. The van der Waals surface area contributed by atoms with Crippen molar-refractivity contribution >= 4 is 12.1 Å². The molecule has 0 bridgehead atoms. The highest BCUT2D eigenvalue weighted by atomic mass is 16.5. The van der Waals surface area contributed by atoms with Gasteiger partial charge in [0.15, 0.2) is 17.3 Å². The summed E-state index contributed by atoms with van der Waals surface area (Å²) >= 11 is 0. The first-order chi connectivity index (χ1) is 9.74. The minimum absolute atomic E-state index is 0.203. The number of ether oxygens (including phenoxy) is 2. The van der Waals surface area contributed by atoms with Crippen molar-refractivity contribution in [3.05, 3.63) is 47.9 Å². The summed E-state index contributed by atoms with van der Waals surface area (Å²) in [5.74, 6) is 1.01. The molecule has 1 amide bonds. The molecule has 2 aromatic rings. The molecule has 104 valence electrons. The van der Waals surface area contributed by atoms with Crippen molar-refractivity contribution in [1.29, 1.82) is 0 Å². The number of nitrogens with zero attached hydrogens (tertiary/aromatic N) is 1. The van der Waals surface area contributed by atoms with E-state index in [-0.39, 0.29) is 5.76 Å². The third-order valence-electron chi connectivity index (χ3n) is 2.53. The highest BCUT2D eigenvalue weighted by molar-refractivity contribution is 5.92. The molecule has 1 aromatic carbocycles. The molecular formula is C14H14N2O4. The molecule has 0 aliphatic carbocycles. The van der Waals surface area contributed by atoms with Gasteiger partial charge in [0.1, 0.15) is 0 Å². The average molecular weight is 274 g/mol.